The minimum Gasteiger partial charge on any atom is -0.456 e. The van der Waals surface area contributed by atoms with Gasteiger partial charge in [0, 0.05) is 104 Å². The van der Waals surface area contributed by atoms with Crippen molar-refractivity contribution in [3.05, 3.63) is 476 Å². The minimum atomic E-state index is -0.0673. The second-order valence-electron chi connectivity index (χ2n) is 43.7. The number of nitrogens with zero attached hydrogens (tertiary/aromatic N) is 3. The van der Waals surface area contributed by atoms with E-state index in [1.165, 1.54) is 179 Å². The highest BCUT2D eigenvalue weighted by molar-refractivity contribution is 7.25. The van der Waals surface area contributed by atoms with E-state index < -0.39 is 0 Å². The Morgan fingerprint density at radius 2 is 0.521 bits per heavy atom. The van der Waals surface area contributed by atoms with Crippen molar-refractivity contribution in [2.45, 2.75) is 116 Å². The monoisotopic (exact) mass is 1900 g/mol. The van der Waals surface area contributed by atoms with Crippen LogP contribution in [0.5, 0.6) is 0 Å². The van der Waals surface area contributed by atoms with Crippen LogP contribution in [0.2, 0.25) is 0 Å². The fourth-order valence-corrected chi connectivity index (χ4v) is 26.3. The maximum atomic E-state index is 6.38. The van der Waals surface area contributed by atoms with E-state index in [-0.39, 0.29) is 32.5 Å². The standard InChI is InChI=1S/C48H37NO.C48H37NS.C44H35NO/c1-47(2)41-26-22-30-13-8-9-16-34(30)46(41)40-29-39-31(27-42(40)48(47,3)4)21-24-36-35(39)18-12-19-43(36)49(32-14-6-5-7-15-32)33-23-25-38-37-17-10-11-20-44(37)50-45(38)28-33;1-47(2)41-25-22-30-13-8-9-16-34(30)46(41)40-29-38-31(27-42(40)48(47,3)4)21-24-36-35(38)18-12-19-43(36)49(32-14-6-5-7-15-32)33-23-26-45-39(28-33)37-17-10-11-20-44(37)50-45;1-43(2)36-20-12-10-19-35(36)42-37(44(43,3)4)25-22-28-26-38(31-16-8-9-18-34(31)41(28)42)45(29-14-6-5-7-15-29)30-23-24-33-32-17-11-13-21-39(32)46-40(33)27-30/h2*5-29H,1-4H3;5-27H,1-4H3. The zero-order chi connectivity index (χ0) is 98.8. The topological polar surface area (TPSA) is 36.0 Å². The second kappa shape index (κ2) is 33.0. The van der Waals surface area contributed by atoms with Crippen LogP contribution in [-0.4, -0.2) is 0 Å². The summed E-state index contributed by atoms with van der Waals surface area (Å²) in [5.74, 6) is 0. The molecular weight excluding hydrogens is 1790 g/mol. The number of benzene rings is 23. The average Bonchev–Trinajstić information content (AvgIpc) is 0.776. The van der Waals surface area contributed by atoms with Crippen LogP contribution < -0.4 is 14.7 Å². The molecule has 3 aliphatic rings. The Kier molecular flexibility index (Phi) is 19.9. The molecule has 0 fully saturated rings. The van der Waals surface area contributed by atoms with Crippen molar-refractivity contribution in [2.75, 3.05) is 14.7 Å². The van der Waals surface area contributed by atoms with E-state index in [4.69, 9.17) is 8.83 Å². The van der Waals surface area contributed by atoms with Gasteiger partial charge in [-0.2, -0.15) is 0 Å². The molecule has 29 rings (SSSR count). The first kappa shape index (κ1) is 88.3. The Labute approximate surface area is 855 Å². The Morgan fingerprint density at radius 1 is 0.171 bits per heavy atom. The lowest BCUT2D eigenvalue weighted by Gasteiger charge is -2.48. The van der Waals surface area contributed by atoms with E-state index in [0.717, 1.165) is 89.4 Å². The van der Waals surface area contributed by atoms with Gasteiger partial charge in [0.2, 0.25) is 0 Å². The summed E-state index contributed by atoms with van der Waals surface area (Å²) in [5, 5.41) is 27.6. The number of hydrogen-bond acceptors (Lipinski definition) is 6. The van der Waals surface area contributed by atoms with E-state index in [1.807, 2.05) is 35.6 Å². The highest BCUT2D eigenvalue weighted by Crippen LogP contribution is 2.62. The summed E-state index contributed by atoms with van der Waals surface area (Å²) < 4.78 is 15.4. The molecule has 146 heavy (non-hydrogen) atoms. The quantitative estimate of drug-likeness (QED) is 0.135. The minimum absolute atomic E-state index is 0.0145. The summed E-state index contributed by atoms with van der Waals surface area (Å²) in [6.07, 6.45) is 0. The molecule has 0 N–H and O–H groups in total. The van der Waals surface area contributed by atoms with Gasteiger partial charge in [0.25, 0.3) is 0 Å². The first-order valence-corrected chi connectivity index (χ1v) is 52.2. The van der Waals surface area contributed by atoms with Gasteiger partial charge in [0.05, 0.1) is 17.1 Å². The van der Waals surface area contributed by atoms with E-state index in [0.29, 0.717) is 0 Å². The lowest BCUT2D eigenvalue weighted by molar-refractivity contribution is 0.299. The maximum Gasteiger partial charge on any atom is 0.137 e. The molecule has 0 bridgehead atoms. The van der Waals surface area contributed by atoms with Crippen molar-refractivity contribution in [2.24, 2.45) is 0 Å². The average molecular weight is 1900 g/mol. The summed E-state index contributed by atoms with van der Waals surface area (Å²) in [5.41, 5.74) is 30.1. The largest absolute Gasteiger partial charge is 0.456 e. The predicted octanol–water partition coefficient (Wildman–Crippen LogP) is 40.6. The van der Waals surface area contributed by atoms with Crippen LogP contribution in [0.25, 0.3) is 184 Å². The Morgan fingerprint density at radius 3 is 1.03 bits per heavy atom. The Bertz CT molecular complexity index is 9910. The van der Waals surface area contributed by atoms with E-state index >= 15 is 0 Å². The molecule has 702 valence electrons. The molecule has 0 radical (unpaired) electrons. The number of rotatable bonds is 9. The van der Waals surface area contributed by atoms with Gasteiger partial charge >= 0.3 is 0 Å². The Balaban J connectivity index is 0.000000109. The summed E-state index contributed by atoms with van der Waals surface area (Å²) in [6, 6.07) is 163. The van der Waals surface area contributed by atoms with Gasteiger partial charge in [0.1, 0.15) is 22.3 Å². The summed E-state index contributed by atoms with van der Waals surface area (Å²) in [7, 11) is 0. The molecule has 0 atom stereocenters. The number of thiophene rings is 1. The van der Waals surface area contributed by atoms with Gasteiger partial charge in [-0.3, -0.25) is 0 Å². The first-order valence-electron chi connectivity index (χ1n) is 51.4. The molecule has 0 aliphatic heterocycles. The Hall–Kier alpha value is -16.6. The van der Waals surface area contributed by atoms with Gasteiger partial charge in [0.15, 0.2) is 0 Å². The van der Waals surface area contributed by atoms with Crippen LogP contribution in [0, 0.1) is 0 Å². The van der Waals surface area contributed by atoms with Gasteiger partial charge in [-0.1, -0.05) is 374 Å². The molecule has 6 heteroatoms. The number of hydrogen-bond donors (Lipinski definition) is 0. The van der Waals surface area contributed by atoms with Gasteiger partial charge in [-0.05, 0) is 309 Å². The van der Waals surface area contributed by atoms with Gasteiger partial charge in [-0.25, -0.2) is 0 Å². The first-order chi connectivity index (χ1) is 71.0. The summed E-state index contributed by atoms with van der Waals surface area (Å²) in [6.45, 7) is 29.0. The molecule has 5 nitrogen and oxygen atoms in total. The van der Waals surface area contributed by atoms with Crippen molar-refractivity contribution in [3.63, 3.8) is 0 Å². The lowest BCUT2D eigenvalue weighted by atomic mass is 9.55. The molecule has 0 amide bonds. The highest BCUT2D eigenvalue weighted by atomic mass is 32.1. The smallest absolute Gasteiger partial charge is 0.137 e. The predicted molar refractivity (Wildman–Crippen MR) is 625 cm³/mol. The van der Waals surface area contributed by atoms with Crippen LogP contribution in [0.15, 0.2) is 452 Å². The molecular formula is C140H109N3O2S. The molecule has 0 saturated heterocycles. The molecule has 26 aromatic rings. The normalized spacial score (nSPS) is 14.8. The van der Waals surface area contributed by atoms with Crippen LogP contribution in [0.1, 0.15) is 116 Å². The van der Waals surface area contributed by atoms with Crippen LogP contribution in [0.3, 0.4) is 0 Å². The van der Waals surface area contributed by atoms with E-state index in [9.17, 15) is 0 Å². The fourth-order valence-electron chi connectivity index (χ4n) is 25.3. The molecule has 3 aliphatic carbocycles. The molecule has 3 aromatic heterocycles. The lowest BCUT2D eigenvalue weighted by Crippen LogP contribution is -2.43. The number of anilines is 9. The zero-order valence-electron chi connectivity index (χ0n) is 84.2. The van der Waals surface area contributed by atoms with E-state index in [2.05, 4.69) is 516 Å². The third-order valence-electron chi connectivity index (χ3n) is 34.9. The van der Waals surface area contributed by atoms with Crippen molar-refractivity contribution in [1.29, 1.82) is 0 Å². The molecule has 23 aromatic carbocycles. The molecule has 0 spiro atoms. The number of furan rings is 2. The number of fused-ring (bicyclic) bond motifs is 32. The molecule has 3 heterocycles. The third kappa shape index (κ3) is 13.3. The van der Waals surface area contributed by atoms with Crippen molar-refractivity contribution >= 4 is 213 Å². The van der Waals surface area contributed by atoms with Gasteiger partial charge in [-0.15, -0.1) is 11.3 Å². The fraction of sp³-hybridized carbons (Fsp3) is 0.129. The molecule has 0 unspecified atom stereocenters. The highest BCUT2D eigenvalue weighted by Gasteiger charge is 2.50. The molecule has 0 saturated carbocycles. The second-order valence-corrected chi connectivity index (χ2v) is 44.8. The summed E-state index contributed by atoms with van der Waals surface area (Å²) in [4.78, 5) is 7.19. The SMILES string of the molecule is CC1(C)c2cc3ccc4c(N(c5ccccc5)c5ccc6c(c5)oc5ccccc56)cccc4c3cc2-c2c(ccc3ccccc23)C1(C)C.CC1(C)c2cc3ccc4c(N(c5ccccc5)c5ccc6sc7ccccc7c6c5)cccc4c3cc2-c2c(ccc3ccccc23)C1(C)C.CC1(C)c2ccccc2-c2c(ccc3cc(N(c4ccccc4)c4ccc5c(c4)oc4ccccc45)c4ccccc4c23)C1(C)C. The van der Waals surface area contributed by atoms with Crippen molar-refractivity contribution in [3.8, 4) is 33.4 Å². The van der Waals surface area contributed by atoms with Gasteiger partial charge < -0.3 is 23.5 Å². The van der Waals surface area contributed by atoms with Crippen LogP contribution in [-0.2, 0) is 32.5 Å². The maximum absolute atomic E-state index is 6.38. The zero-order valence-corrected chi connectivity index (χ0v) is 85.0. The van der Waals surface area contributed by atoms with Crippen molar-refractivity contribution < 1.29 is 8.83 Å². The van der Waals surface area contributed by atoms with Crippen molar-refractivity contribution in [1.82, 2.24) is 0 Å². The number of para-hydroxylation sites is 5. The van der Waals surface area contributed by atoms with E-state index in [1.54, 1.807) is 0 Å². The van der Waals surface area contributed by atoms with Crippen LogP contribution in [0.4, 0.5) is 51.2 Å². The van der Waals surface area contributed by atoms with Crippen LogP contribution >= 0.6 is 11.3 Å². The third-order valence-corrected chi connectivity index (χ3v) is 36.1. The summed E-state index contributed by atoms with van der Waals surface area (Å²) >= 11 is 1.87.